The Bertz CT molecular complexity index is 649. The van der Waals surface area contributed by atoms with Crippen molar-refractivity contribution in [1.82, 2.24) is 25.1 Å². The molecular formula is C15H15N5. The zero-order valence-corrected chi connectivity index (χ0v) is 11.0. The van der Waals surface area contributed by atoms with Crippen LogP contribution in [0.15, 0.2) is 61.1 Å². The number of aromatic nitrogens is 4. The van der Waals surface area contributed by atoms with Crippen LogP contribution in [0.4, 0.5) is 0 Å². The summed E-state index contributed by atoms with van der Waals surface area (Å²) in [6.45, 7) is 1.43. The van der Waals surface area contributed by atoms with Crippen molar-refractivity contribution in [2.75, 3.05) is 0 Å². The molecule has 1 N–H and O–H groups in total. The first-order chi connectivity index (χ1) is 9.92. The molecule has 0 unspecified atom stereocenters. The van der Waals surface area contributed by atoms with Crippen molar-refractivity contribution in [1.29, 1.82) is 0 Å². The van der Waals surface area contributed by atoms with Crippen LogP contribution in [-0.4, -0.2) is 19.7 Å². The van der Waals surface area contributed by atoms with Crippen molar-refractivity contribution < 1.29 is 0 Å². The quantitative estimate of drug-likeness (QED) is 0.766. The van der Waals surface area contributed by atoms with Crippen molar-refractivity contribution in [3.8, 4) is 5.82 Å². The largest absolute Gasteiger partial charge is 0.306 e. The molecule has 0 spiro atoms. The summed E-state index contributed by atoms with van der Waals surface area (Å²) in [6, 6.07) is 13.7. The van der Waals surface area contributed by atoms with Crippen molar-refractivity contribution in [2.24, 2.45) is 0 Å². The minimum atomic E-state index is 0.700. The maximum absolute atomic E-state index is 4.56. The molecule has 0 atom stereocenters. The van der Waals surface area contributed by atoms with E-state index in [0.29, 0.717) is 6.54 Å². The van der Waals surface area contributed by atoms with E-state index in [2.05, 4.69) is 20.4 Å². The number of rotatable bonds is 5. The van der Waals surface area contributed by atoms with Crippen LogP contribution in [-0.2, 0) is 13.1 Å². The molecule has 0 aliphatic carbocycles. The van der Waals surface area contributed by atoms with Gasteiger partial charge in [-0.15, -0.1) is 0 Å². The molecule has 0 saturated heterocycles. The summed E-state index contributed by atoms with van der Waals surface area (Å²) in [6.07, 6.45) is 5.43. The van der Waals surface area contributed by atoms with Crippen LogP contribution < -0.4 is 5.32 Å². The first-order valence-corrected chi connectivity index (χ1v) is 6.48. The third kappa shape index (κ3) is 3.07. The molecule has 5 nitrogen and oxygen atoms in total. The zero-order chi connectivity index (χ0) is 13.6. The highest BCUT2D eigenvalue weighted by Crippen LogP contribution is 2.04. The maximum atomic E-state index is 4.56. The number of hydrogen-bond acceptors (Lipinski definition) is 4. The molecule has 5 heteroatoms. The Labute approximate surface area is 117 Å². The molecular weight excluding hydrogens is 250 g/mol. The molecule has 3 rings (SSSR count). The molecule has 0 radical (unpaired) electrons. The fraction of sp³-hybridized carbons (Fsp3) is 0.133. The van der Waals surface area contributed by atoms with Gasteiger partial charge in [0, 0.05) is 31.7 Å². The second-order valence-electron chi connectivity index (χ2n) is 4.36. The van der Waals surface area contributed by atoms with E-state index in [9.17, 15) is 0 Å². The first-order valence-electron chi connectivity index (χ1n) is 6.48. The molecule has 0 aliphatic rings. The van der Waals surface area contributed by atoms with Gasteiger partial charge in [0.05, 0.1) is 11.4 Å². The second-order valence-corrected chi connectivity index (χ2v) is 4.36. The van der Waals surface area contributed by atoms with Gasteiger partial charge in [-0.2, -0.15) is 5.10 Å². The molecule has 0 amide bonds. The van der Waals surface area contributed by atoms with Gasteiger partial charge < -0.3 is 5.32 Å². The minimum Gasteiger partial charge on any atom is -0.306 e. The predicted molar refractivity (Wildman–Crippen MR) is 76.1 cm³/mol. The average molecular weight is 265 g/mol. The van der Waals surface area contributed by atoms with Crippen molar-refractivity contribution in [3.05, 3.63) is 72.4 Å². The van der Waals surface area contributed by atoms with Gasteiger partial charge >= 0.3 is 0 Å². The SMILES string of the molecule is c1ccc(CNCc2cccc(-n3cccn3)n2)nc1. The third-order valence-electron chi connectivity index (χ3n) is 2.87. The Morgan fingerprint density at radius 3 is 2.60 bits per heavy atom. The summed E-state index contributed by atoms with van der Waals surface area (Å²) in [5.74, 6) is 0.826. The minimum absolute atomic E-state index is 0.700. The van der Waals surface area contributed by atoms with E-state index in [1.807, 2.05) is 48.7 Å². The smallest absolute Gasteiger partial charge is 0.153 e. The van der Waals surface area contributed by atoms with Gasteiger partial charge in [-0.3, -0.25) is 4.98 Å². The molecule has 100 valence electrons. The van der Waals surface area contributed by atoms with E-state index < -0.39 is 0 Å². The molecule has 0 bridgehead atoms. The molecule has 0 aromatic carbocycles. The number of hydrogen-bond donors (Lipinski definition) is 1. The molecule has 0 saturated carbocycles. The lowest BCUT2D eigenvalue weighted by molar-refractivity contribution is 0.664. The van der Waals surface area contributed by atoms with Crippen LogP contribution in [0.5, 0.6) is 0 Å². The van der Waals surface area contributed by atoms with Crippen LogP contribution in [0.2, 0.25) is 0 Å². The van der Waals surface area contributed by atoms with Crippen LogP contribution in [0.25, 0.3) is 5.82 Å². The van der Waals surface area contributed by atoms with Gasteiger partial charge in [0.15, 0.2) is 5.82 Å². The van der Waals surface area contributed by atoms with Gasteiger partial charge in [-0.05, 0) is 30.3 Å². The summed E-state index contributed by atoms with van der Waals surface area (Å²) in [5.41, 5.74) is 2.00. The van der Waals surface area contributed by atoms with Crippen LogP contribution in [0, 0.1) is 0 Å². The van der Waals surface area contributed by atoms with Crippen molar-refractivity contribution >= 4 is 0 Å². The molecule has 0 aliphatic heterocycles. The maximum Gasteiger partial charge on any atom is 0.153 e. The Morgan fingerprint density at radius 2 is 1.80 bits per heavy atom. The third-order valence-corrected chi connectivity index (χ3v) is 2.87. The lowest BCUT2D eigenvalue weighted by Gasteiger charge is -2.06. The van der Waals surface area contributed by atoms with Gasteiger partial charge in [-0.25, -0.2) is 9.67 Å². The van der Waals surface area contributed by atoms with Crippen LogP contribution in [0.1, 0.15) is 11.4 Å². The van der Waals surface area contributed by atoms with Gasteiger partial charge in [-0.1, -0.05) is 12.1 Å². The van der Waals surface area contributed by atoms with E-state index in [4.69, 9.17) is 0 Å². The van der Waals surface area contributed by atoms with Crippen LogP contribution >= 0.6 is 0 Å². The normalized spacial score (nSPS) is 10.6. The number of nitrogens with zero attached hydrogens (tertiary/aromatic N) is 4. The van der Waals surface area contributed by atoms with E-state index >= 15 is 0 Å². The summed E-state index contributed by atoms with van der Waals surface area (Å²) in [7, 11) is 0. The lowest BCUT2D eigenvalue weighted by atomic mass is 10.3. The standard InChI is InChI=1S/C15H15N5/c1-2-8-17-13(5-1)11-16-12-14-6-3-7-15(19-14)20-10-4-9-18-20/h1-10,16H,11-12H2. The van der Waals surface area contributed by atoms with Gasteiger partial charge in [0.25, 0.3) is 0 Å². The number of nitrogens with one attached hydrogen (secondary N) is 1. The Balaban J connectivity index is 1.62. The number of pyridine rings is 2. The Hall–Kier alpha value is -2.53. The monoisotopic (exact) mass is 265 g/mol. The van der Waals surface area contributed by atoms with E-state index in [1.54, 1.807) is 17.1 Å². The highest BCUT2D eigenvalue weighted by Gasteiger charge is 2.00. The molecule has 0 fully saturated rings. The van der Waals surface area contributed by atoms with Gasteiger partial charge in [0.1, 0.15) is 0 Å². The summed E-state index contributed by atoms with van der Waals surface area (Å²) in [4.78, 5) is 8.84. The first kappa shape index (κ1) is 12.5. The van der Waals surface area contributed by atoms with E-state index in [0.717, 1.165) is 23.8 Å². The molecule has 20 heavy (non-hydrogen) atoms. The Morgan fingerprint density at radius 1 is 0.900 bits per heavy atom. The van der Waals surface area contributed by atoms with E-state index in [-0.39, 0.29) is 0 Å². The predicted octanol–water partition coefficient (Wildman–Crippen LogP) is 1.95. The van der Waals surface area contributed by atoms with E-state index in [1.165, 1.54) is 0 Å². The molecule has 3 heterocycles. The Kier molecular flexibility index (Phi) is 3.80. The second kappa shape index (κ2) is 6.08. The summed E-state index contributed by atoms with van der Waals surface area (Å²) >= 11 is 0. The lowest BCUT2D eigenvalue weighted by Crippen LogP contribution is -2.15. The highest BCUT2D eigenvalue weighted by atomic mass is 15.3. The fourth-order valence-corrected chi connectivity index (χ4v) is 1.92. The van der Waals surface area contributed by atoms with Gasteiger partial charge in [0.2, 0.25) is 0 Å². The average Bonchev–Trinajstić information content (AvgIpc) is 3.03. The fourth-order valence-electron chi connectivity index (χ4n) is 1.92. The molecule has 3 aromatic heterocycles. The topological polar surface area (TPSA) is 55.6 Å². The zero-order valence-electron chi connectivity index (χ0n) is 11.0. The van der Waals surface area contributed by atoms with Crippen LogP contribution in [0.3, 0.4) is 0 Å². The van der Waals surface area contributed by atoms with Crippen molar-refractivity contribution in [3.63, 3.8) is 0 Å². The summed E-state index contributed by atoms with van der Waals surface area (Å²) in [5, 5.41) is 7.52. The highest BCUT2D eigenvalue weighted by molar-refractivity contribution is 5.23. The van der Waals surface area contributed by atoms with Crippen molar-refractivity contribution in [2.45, 2.75) is 13.1 Å². The summed E-state index contributed by atoms with van der Waals surface area (Å²) < 4.78 is 1.75. The molecule has 3 aromatic rings.